The number of carbonyl (C=O) groups is 1. The van der Waals surface area contributed by atoms with Crippen LogP contribution in [0.1, 0.15) is 31.1 Å². The Morgan fingerprint density at radius 3 is 2.59 bits per heavy atom. The summed E-state index contributed by atoms with van der Waals surface area (Å²) in [6.45, 7) is 7.71. The van der Waals surface area contributed by atoms with Crippen molar-refractivity contribution in [2.24, 2.45) is 5.92 Å². The minimum absolute atomic E-state index is 0.0551. The monoisotopic (exact) mass is 365 g/mol. The standard InChI is InChI=1S/C13H17ClINO/c1-4-16(8-9(2)3)13(17)10-5-6-12(15)11(14)7-10/h5-7,9H,4,8H2,1-3H3. The van der Waals surface area contributed by atoms with Gasteiger partial charge in [-0.05, 0) is 53.6 Å². The van der Waals surface area contributed by atoms with Gasteiger partial charge in [-0.25, -0.2) is 0 Å². The summed E-state index contributed by atoms with van der Waals surface area (Å²) in [5.74, 6) is 0.526. The van der Waals surface area contributed by atoms with Crippen LogP contribution >= 0.6 is 34.2 Å². The number of hydrogen-bond donors (Lipinski definition) is 0. The first-order valence-electron chi connectivity index (χ1n) is 5.70. The Labute approximate surface area is 121 Å². The number of rotatable bonds is 4. The maximum absolute atomic E-state index is 12.2. The second kappa shape index (κ2) is 6.59. The van der Waals surface area contributed by atoms with E-state index in [9.17, 15) is 4.79 Å². The first kappa shape index (κ1) is 14.8. The third-order valence-corrected chi connectivity index (χ3v) is 3.99. The van der Waals surface area contributed by atoms with Gasteiger partial charge in [-0.3, -0.25) is 4.79 Å². The smallest absolute Gasteiger partial charge is 0.253 e. The normalized spacial score (nSPS) is 10.7. The zero-order valence-corrected chi connectivity index (χ0v) is 13.2. The summed E-state index contributed by atoms with van der Waals surface area (Å²) in [7, 11) is 0. The lowest BCUT2D eigenvalue weighted by Crippen LogP contribution is -2.34. The molecule has 0 atom stereocenters. The molecule has 0 N–H and O–H groups in total. The molecule has 17 heavy (non-hydrogen) atoms. The van der Waals surface area contributed by atoms with Crippen LogP contribution in [0.4, 0.5) is 0 Å². The molecule has 1 amide bonds. The van der Waals surface area contributed by atoms with Gasteiger partial charge in [0.15, 0.2) is 0 Å². The average Bonchev–Trinajstić information content (AvgIpc) is 2.28. The van der Waals surface area contributed by atoms with Crippen LogP contribution in [0, 0.1) is 9.49 Å². The van der Waals surface area contributed by atoms with Crippen LogP contribution in [0.15, 0.2) is 18.2 Å². The van der Waals surface area contributed by atoms with Crippen molar-refractivity contribution >= 4 is 40.1 Å². The SMILES string of the molecule is CCN(CC(C)C)C(=O)c1ccc(I)c(Cl)c1. The predicted molar refractivity (Wildman–Crippen MR) is 80.6 cm³/mol. The summed E-state index contributed by atoms with van der Waals surface area (Å²) in [6, 6.07) is 5.45. The molecule has 0 unspecified atom stereocenters. The molecule has 4 heteroatoms. The molecule has 1 rings (SSSR count). The van der Waals surface area contributed by atoms with E-state index in [1.807, 2.05) is 24.0 Å². The molecule has 0 fully saturated rings. The van der Waals surface area contributed by atoms with Gasteiger partial charge < -0.3 is 4.90 Å². The molecule has 0 aliphatic heterocycles. The summed E-state index contributed by atoms with van der Waals surface area (Å²) in [5, 5.41) is 0.636. The molecule has 1 aromatic carbocycles. The molecule has 0 spiro atoms. The zero-order valence-electron chi connectivity index (χ0n) is 10.3. The van der Waals surface area contributed by atoms with Gasteiger partial charge in [-0.1, -0.05) is 25.4 Å². The van der Waals surface area contributed by atoms with Crippen molar-refractivity contribution in [2.45, 2.75) is 20.8 Å². The van der Waals surface area contributed by atoms with E-state index in [2.05, 4.69) is 36.4 Å². The van der Waals surface area contributed by atoms with Crippen molar-refractivity contribution in [1.82, 2.24) is 4.90 Å². The number of hydrogen-bond acceptors (Lipinski definition) is 1. The van der Waals surface area contributed by atoms with Crippen LogP contribution in [0.2, 0.25) is 5.02 Å². The van der Waals surface area contributed by atoms with E-state index in [4.69, 9.17) is 11.6 Å². The van der Waals surface area contributed by atoms with E-state index in [1.165, 1.54) is 0 Å². The van der Waals surface area contributed by atoms with E-state index >= 15 is 0 Å². The highest BCUT2D eigenvalue weighted by atomic mass is 127. The zero-order chi connectivity index (χ0) is 13.0. The quantitative estimate of drug-likeness (QED) is 0.737. The molecule has 0 heterocycles. The molecule has 0 saturated carbocycles. The van der Waals surface area contributed by atoms with E-state index < -0.39 is 0 Å². The van der Waals surface area contributed by atoms with Crippen molar-refractivity contribution in [3.63, 3.8) is 0 Å². The summed E-state index contributed by atoms with van der Waals surface area (Å²) in [5.41, 5.74) is 0.665. The van der Waals surface area contributed by atoms with Crippen molar-refractivity contribution in [3.8, 4) is 0 Å². The number of nitrogens with zero attached hydrogens (tertiary/aromatic N) is 1. The molecule has 0 radical (unpaired) electrons. The van der Waals surface area contributed by atoms with Gasteiger partial charge in [0.2, 0.25) is 0 Å². The third kappa shape index (κ3) is 4.14. The summed E-state index contributed by atoms with van der Waals surface area (Å²) in [6.07, 6.45) is 0. The number of halogens is 2. The van der Waals surface area contributed by atoms with Gasteiger partial charge in [0.25, 0.3) is 5.91 Å². The summed E-state index contributed by atoms with van der Waals surface area (Å²) in [4.78, 5) is 14.1. The molecular weight excluding hydrogens is 349 g/mol. The molecule has 0 bridgehead atoms. The largest absolute Gasteiger partial charge is 0.339 e. The lowest BCUT2D eigenvalue weighted by Gasteiger charge is -2.23. The lowest BCUT2D eigenvalue weighted by molar-refractivity contribution is 0.0746. The van der Waals surface area contributed by atoms with E-state index in [-0.39, 0.29) is 5.91 Å². The van der Waals surface area contributed by atoms with Crippen molar-refractivity contribution < 1.29 is 4.79 Å². The molecule has 94 valence electrons. The van der Waals surface area contributed by atoms with E-state index in [0.717, 1.165) is 16.7 Å². The minimum atomic E-state index is 0.0551. The van der Waals surface area contributed by atoms with Gasteiger partial charge in [0.05, 0.1) is 5.02 Å². The molecule has 1 aromatic rings. The number of carbonyl (C=O) groups excluding carboxylic acids is 1. The maximum Gasteiger partial charge on any atom is 0.253 e. The van der Waals surface area contributed by atoms with Crippen LogP contribution in [0.3, 0.4) is 0 Å². The predicted octanol–water partition coefficient (Wildman–Crippen LogP) is 4.06. The van der Waals surface area contributed by atoms with Gasteiger partial charge in [-0.2, -0.15) is 0 Å². The van der Waals surface area contributed by atoms with Crippen molar-refractivity contribution in [2.75, 3.05) is 13.1 Å². The second-order valence-electron chi connectivity index (χ2n) is 4.37. The van der Waals surface area contributed by atoms with Gasteiger partial charge >= 0.3 is 0 Å². The first-order chi connectivity index (χ1) is 7.95. The lowest BCUT2D eigenvalue weighted by atomic mass is 10.1. The van der Waals surface area contributed by atoms with Gasteiger partial charge in [-0.15, -0.1) is 0 Å². The Bertz CT molecular complexity index is 406. The fraction of sp³-hybridized carbons (Fsp3) is 0.462. The molecule has 0 aliphatic carbocycles. The molecule has 0 aromatic heterocycles. The first-order valence-corrected chi connectivity index (χ1v) is 7.15. The van der Waals surface area contributed by atoms with Crippen molar-refractivity contribution in [3.05, 3.63) is 32.4 Å². The molecule has 0 saturated heterocycles. The van der Waals surface area contributed by atoms with Crippen LogP contribution in [0.25, 0.3) is 0 Å². The van der Waals surface area contributed by atoms with Gasteiger partial charge in [0.1, 0.15) is 0 Å². The Kier molecular flexibility index (Phi) is 5.73. The fourth-order valence-corrected chi connectivity index (χ4v) is 2.12. The highest BCUT2D eigenvalue weighted by Crippen LogP contribution is 2.20. The summed E-state index contributed by atoms with van der Waals surface area (Å²) < 4.78 is 0.965. The van der Waals surface area contributed by atoms with Gasteiger partial charge in [0, 0.05) is 22.2 Å². The number of amides is 1. The van der Waals surface area contributed by atoms with E-state index in [0.29, 0.717) is 16.5 Å². The van der Waals surface area contributed by atoms with Crippen LogP contribution in [-0.4, -0.2) is 23.9 Å². The molecule has 2 nitrogen and oxygen atoms in total. The number of benzene rings is 1. The van der Waals surface area contributed by atoms with Crippen LogP contribution < -0.4 is 0 Å². The topological polar surface area (TPSA) is 20.3 Å². The highest BCUT2D eigenvalue weighted by Gasteiger charge is 2.15. The average molecular weight is 366 g/mol. The van der Waals surface area contributed by atoms with Crippen LogP contribution in [0.5, 0.6) is 0 Å². The highest BCUT2D eigenvalue weighted by molar-refractivity contribution is 14.1. The Morgan fingerprint density at radius 1 is 1.47 bits per heavy atom. The Morgan fingerprint density at radius 2 is 2.12 bits per heavy atom. The second-order valence-corrected chi connectivity index (χ2v) is 5.94. The minimum Gasteiger partial charge on any atom is -0.339 e. The molecule has 0 aliphatic rings. The van der Waals surface area contributed by atoms with Crippen LogP contribution in [-0.2, 0) is 0 Å². The Hall–Kier alpha value is -0.290. The molecular formula is C13H17ClINO. The third-order valence-electron chi connectivity index (χ3n) is 2.42. The van der Waals surface area contributed by atoms with E-state index in [1.54, 1.807) is 6.07 Å². The maximum atomic E-state index is 12.2. The summed E-state index contributed by atoms with van der Waals surface area (Å²) >= 11 is 8.19. The van der Waals surface area contributed by atoms with Crippen molar-refractivity contribution in [1.29, 1.82) is 0 Å². The Balaban J connectivity index is 2.90. The fourth-order valence-electron chi connectivity index (χ4n) is 1.61.